The second kappa shape index (κ2) is 9.52. The van der Waals surface area contributed by atoms with Crippen molar-refractivity contribution in [1.29, 1.82) is 0 Å². The molecule has 31 heavy (non-hydrogen) atoms. The van der Waals surface area contributed by atoms with Crippen molar-refractivity contribution < 1.29 is 23.8 Å². The molecule has 1 amide bonds. The highest BCUT2D eigenvalue weighted by molar-refractivity contribution is 5.94. The lowest BCUT2D eigenvalue weighted by molar-refractivity contribution is 0.0948. The van der Waals surface area contributed by atoms with Crippen LogP contribution in [0.3, 0.4) is 0 Å². The maximum absolute atomic E-state index is 13.7. The first-order chi connectivity index (χ1) is 14.8. The summed E-state index contributed by atoms with van der Waals surface area (Å²) in [6, 6.07) is 2.88. The smallest absolute Gasteiger partial charge is 0.278 e. The van der Waals surface area contributed by atoms with Crippen molar-refractivity contribution in [1.82, 2.24) is 14.3 Å². The van der Waals surface area contributed by atoms with E-state index in [9.17, 15) is 28.3 Å². The number of carbonyl (C=O) groups is 1. The summed E-state index contributed by atoms with van der Waals surface area (Å²) in [5.41, 5.74) is -2.31. The molecule has 3 rings (SSSR count). The van der Waals surface area contributed by atoms with Gasteiger partial charge < -0.3 is 24.5 Å². The molecule has 0 aliphatic rings. The number of pyridine rings is 1. The Morgan fingerprint density at radius 1 is 1.10 bits per heavy atom. The zero-order valence-corrected chi connectivity index (χ0v) is 16.5. The third-order valence-electron chi connectivity index (χ3n) is 4.84. The highest BCUT2D eigenvalue weighted by atomic mass is 19.1. The molecule has 0 unspecified atom stereocenters. The molecule has 0 bridgehead atoms. The normalized spacial score (nSPS) is 11.1. The lowest BCUT2D eigenvalue weighted by Gasteiger charge is -2.11. The number of aromatic nitrogens is 2. The van der Waals surface area contributed by atoms with E-state index in [2.05, 4.69) is 5.32 Å². The van der Waals surface area contributed by atoms with Crippen molar-refractivity contribution in [2.24, 2.45) is 0 Å². The van der Waals surface area contributed by atoms with Gasteiger partial charge in [-0.05, 0) is 25.3 Å². The predicted octanol–water partition coefficient (Wildman–Crippen LogP) is 1.54. The van der Waals surface area contributed by atoms with Crippen molar-refractivity contribution in [3.05, 3.63) is 80.1 Å². The Morgan fingerprint density at radius 3 is 2.58 bits per heavy atom. The van der Waals surface area contributed by atoms with Crippen LogP contribution in [0.2, 0.25) is 0 Å². The SMILES string of the molecule is O=C(NCc1ccc(F)cc1F)c1cn2ccn(CCCCCO)c(=O)c2c(O)c1=O. The fourth-order valence-corrected chi connectivity index (χ4v) is 3.15. The van der Waals surface area contributed by atoms with Gasteiger partial charge in [0.1, 0.15) is 17.2 Å². The Bertz CT molecular complexity index is 1240. The van der Waals surface area contributed by atoms with Gasteiger partial charge in [0, 0.05) is 49.9 Å². The Morgan fingerprint density at radius 2 is 1.87 bits per heavy atom. The van der Waals surface area contributed by atoms with Crippen LogP contribution in [0.5, 0.6) is 5.75 Å². The van der Waals surface area contributed by atoms with Crippen LogP contribution in [0.1, 0.15) is 35.2 Å². The van der Waals surface area contributed by atoms with Crippen molar-refractivity contribution in [3.63, 3.8) is 0 Å². The van der Waals surface area contributed by atoms with Crippen molar-refractivity contribution in [2.75, 3.05) is 6.61 Å². The first-order valence-corrected chi connectivity index (χ1v) is 9.64. The summed E-state index contributed by atoms with van der Waals surface area (Å²) in [4.78, 5) is 37.6. The molecule has 0 atom stereocenters. The molecule has 0 radical (unpaired) electrons. The maximum atomic E-state index is 13.7. The number of aryl methyl sites for hydroxylation is 1. The zero-order chi connectivity index (χ0) is 22.5. The van der Waals surface area contributed by atoms with E-state index < -0.39 is 39.8 Å². The third kappa shape index (κ3) is 4.80. The summed E-state index contributed by atoms with van der Waals surface area (Å²) >= 11 is 0. The number of fused-ring (bicyclic) bond motifs is 1. The summed E-state index contributed by atoms with van der Waals surface area (Å²) in [5, 5.41) is 21.5. The summed E-state index contributed by atoms with van der Waals surface area (Å²) < 4.78 is 29.2. The zero-order valence-electron chi connectivity index (χ0n) is 16.5. The van der Waals surface area contributed by atoms with Crippen LogP contribution < -0.4 is 16.3 Å². The van der Waals surface area contributed by atoms with Gasteiger partial charge in [0.05, 0.1) is 0 Å². The number of halogens is 2. The van der Waals surface area contributed by atoms with E-state index in [0.717, 1.165) is 12.3 Å². The van der Waals surface area contributed by atoms with Gasteiger partial charge in [-0.2, -0.15) is 0 Å². The summed E-state index contributed by atoms with van der Waals surface area (Å²) in [6.07, 6.45) is 5.95. The molecule has 0 fully saturated rings. The quantitative estimate of drug-likeness (QED) is 0.467. The highest BCUT2D eigenvalue weighted by Gasteiger charge is 2.19. The Labute approximate surface area is 175 Å². The lowest BCUT2D eigenvalue weighted by Crippen LogP contribution is -2.31. The van der Waals surface area contributed by atoms with Crippen molar-refractivity contribution in [2.45, 2.75) is 32.4 Å². The molecule has 164 valence electrons. The van der Waals surface area contributed by atoms with Crippen LogP contribution in [0.25, 0.3) is 5.52 Å². The number of rotatable bonds is 8. The van der Waals surface area contributed by atoms with E-state index in [0.29, 0.717) is 31.9 Å². The third-order valence-corrected chi connectivity index (χ3v) is 4.84. The molecule has 3 aromatic rings. The van der Waals surface area contributed by atoms with Crippen LogP contribution in [-0.2, 0) is 13.1 Å². The van der Waals surface area contributed by atoms with Gasteiger partial charge in [-0.3, -0.25) is 14.4 Å². The second-order valence-electron chi connectivity index (χ2n) is 6.98. The number of hydrogen-bond acceptors (Lipinski definition) is 5. The molecular formula is C21H21F2N3O5. The van der Waals surface area contributed by atoms with Crippen LogP contribution in [0, 0.1) is 11.6 Å². The van der Waals surface area contributed by atoms with Gasteiger partial charge in [-0.1, -0.05) is 6.07 Å². The number of aliphatic hydroxyl groups excluding tert-OH is 1. The first kappa shape index (κ1) is 22.2. The Kier molecular flexibility index (Phi) is 6.81. The maximum Gasteiger partial charge on any atom is 0.278 e. The largest absolute Gasteiger partial charge is 0.503 e. The molecule has 0 spiro atoms. The van der Waals surface area contributed by atoms with Crippen LogP contribution in [0.4, 0.5) is 8.78 Å². The number of hydrogen-bond donors (Lipinski definition) is 3. The summed E-state index contributed by atoms with van der Waals surface area (Å²) in [6.45, 7) is 0.0964. The second-order valence-corrected chi connectivity index (χ2v) is 6.98. The van der Waals surface area contributed by atoms with Crippen LogP contribution >= 0.6 is 0 Å². The van der Waals surface area contributed by atoms with Crippen LogP contribution in [-0.4, -0.2) is 31.7 Å². The number of amides is 1. The molecule has 10 heteroatoms. The molecular weight excluding hydrogens is 412 g/mol. The molecule has 0 saturated carbocycles. The summed E-state index contributed by atoms with van der Waals surface area (Å²) in [5.74, 6) is -3.36. The number of unbranched alkanes of at least 4 members (excludes halogenated alkanes) is 2. The molecule has 0 aliphatic heterocycles. The number of aliphatic hydroxyl groups is 1. The average Bonchev–Trinajstić information content (AvgIpc) is 2.74. The fourth-order valence-electron chi connectivity index (χ4n) is 3.15. The van der Waals surface area contributed by atoms with Gasteiger partial charge in [0.2, 0.25) is 5.43 Å². The molecule has 0 aliphatic carbocycles. The average molecular weight is 433 g/mol. The number of aromatic hydroxyl groups is 1. The molecule has 8 nitrogen and oxygen atoms in total. The van der Waals surface area contributed by atoms with Gasteiger partial charge in [-0.25, -0.2) is 8.78 Å². The van der Waals surface area contributed by atoms with E-state index in [4.69, 9.17) is 5.11 Å². The number of nitrogens with zero attached hydrogens (tertiary/aromatic N) is 2. The molecule has 3 N–H and O–H groups in total. The minimum Gasteiger partial charge on any atom is -0.503 e. The van der Waals surface area contributed by atoms with Crippen molar-refractivity contribution in [3.8, 4) is 5.75 Å². The Balaban J connectivity index is 1.86. The molecule has 2 heterocycles. The highest BCUT2D eigenvalue weighted by Crippen LogP contribution is 2.13. The van der Waals surface area contributed by atoms with Gasteiger partial charge in [-0.15, -0.1) is 0 Å². The topological polar surface area (TPSA) is 113 Å². The molecule has 0 saturated heterocycles. The first-order valence-electron chi connectivity index (χ1n) is 9.64. The van der Waals surface area contributed by atoms with Gasteiger partial charge in [0.15, 0.2) is 11.3 Å². The minimum atomic E-state index is -1.03. The van der Waals surface area contributed by atoms with Crippen LogP contribution in [0.15, 0.2) is 46.4 Å². The monoisotopic (exact) mass is 433 g/mol. The summed E-state index contributed by atoms with van der Waals surface area (Å²) in [7, 11) is 0. The predicted molar refractivity (Wildman–Crippen MR) is 108 cm³/mol. The lowest BCUT2D eigenvalue weighted by atomic mass is 10.2. The standard InChI is InChI=1S/C21H21F2N3O5/c22-14-5-4-13(16(23)10-14)11-24-20(30)15-12-26-8-7-25(6-2-1-3-9-27)21(31)17(26)19(29)18(15)28/h4-5,7-8,10,12,27,29H,1-3,6,9,11H2,(H,24,30). The van der Waals surface area contributed by atoms with Gasteiger partial charge >= 0.3 is 0 Å². The van der Waals surface area contributed by atoms with E-state index in [-0.39, 0.29) is 24.2 Å². The van der Waals surface area contributed by atoms with E-state index >= 15 is 0 Å². The molecule has 1 aromatic carbocycles. The van der Waals surface area contributed by atoms with E-state index in [1.807, 2.05) is 0 Å². The van der Waals surface area contributed by atoms with Crippen molar-refractivity contribution >= 4 is 11.4 Å². The minimum absolute atomic E-state index is 0.0175. The fraction of sp³-hybridized carbons (Fsp3) is 0.286. The Hall–Kier alpha value is -3.53. The molecule has 2 aromatic heterocycles. The number of nitrogens with one attached hydrogen (secondary N) is 1. The number of benzene rings is 1. The van der Waals surface area contributed by atoms with Gasteiger partial charge in [0.25, 0.3) is 11.5 Å². The van der Waals surface area contributed by atoms with E-state index in [1.165, 1.54) is 27.4 Å². The van der Waals surface area contributed by atoms with E-state index in [1.54, 1.807) is 0 Å². The number of carbonyl (C=O) groups excluding carboxylic acids is 1.